The highest BCUT2D eigenvalue weighted by Gasteiger charge is 2.60. The van der Waals surface area contributed by atoms with E-state index in [1.807, 2.05) is 20.8 Å². The zero-order chi connectivity index (χ0) is 9.69. The second kappa shape index (κ2) is 2.38. The van der Waals surface area contributed by atoms with Crippen LogP contribution >= 0.6 is 0 Å². The maximum atomic E-state index is 11.5. The molecule has 1 N–H and O–H groups in total. The van der Waals surface area contributed by atoms with Gasteiger partial charge in [0, 0.05) is 13.1 Å². The molecule has 2 aliphatic rings. The van der Waals surface area contributed by atoms with E-state index in [4.69, 9.17) is 4.74 Å². The van der Waals surface area contributed by atoms with Crippen LogP contribution in [0.1, 0.15) is 20.8 Å². The van der Waals surface area contributed by atoms with E-state index in [1.165, 1.54) is 0 Å². The van der Waals surface area contributed by atoms with Gasteiger partial charge in [-0.3, -0.25) is 4.90 Å². The Kier molecular flexibility index (Phi) is 1.61. The summed E-state index contributed by atoms with van der Waals surface area (Å²) in [5, 5.41) is 3.16. The quantitative estimate of drug-likeness (QED) is 0.560. The van der Waals surface area contributed by atoms with Gasteiger partial charge in [-0.05, 0) is 20.8 Å². The van der Waals surface area contributed by atoms with Crippen molar-refractivity contribution >= 4 is 6.09 Å². The SMILES string of the molecule is CC(C)(C)OC(=O)N1CC12CNC2. The van der Waals surface area contributed by atoms with Crippen molar-refractivity contribution in [1.29, 1.82) is 0 Å². The summed E-state index contributed by atoms with van der Waals surface area (Å²) in [5.41, 5.74) is -0.250. The Morgan fingerprint density at radius 2 is 2.08 bits per heavy atom. The molecule has 2 heterocycles. The Labute approximate surface area is 78.2 Å². The molecule has 0 saturated carbocycles. The van der Waals surface area contributed by atoms with Crippen molar-refractivity contribution in [3.05, 3.63) is 0 Å². The van der Waals surface area contributed by atoms with Gasteiger partial charge < -0.3 is 10.1 Å². The average Bonchev–Trinajstić information content (AvgIpc) is 2.53. The highest BCUT2D eigenvalue weighted by molar-refractivity contribution is 5.73. The van der Waals surface area contributed by atoms with Gasteiger partial charge in [0.05, 0.1) is 12.1 Å². The summed E-state index contributed by atoms with van der Waals surface area (Å²) in [4.78, 5) is 13.3. The zero-order valence-electron chi connectivity index (χ0n) is 8.39. The summed E-state index contributed by atoms with van der Waals surface area (Å²) in [5.74, 6) is 0. The van der Waals surface area contributed by atoms with Crippen LogP contribution in [0.25, 0.3) is 0 Å². The Hall–Kier alpha value is -0.770. The minimum atomic E-state index is -0.377. The number of nitrogens with zero attached hydrogens (tertiary/aromatic N) is 1. The van der Waals surface area contributed by atoms with Crippen molar-refractivity contribution in [2.24, 2.45) is 0 Å². The lowest BCUT2D eigenvalue weighted by molar-refractivity contribution is 0.0360. The summed E-state index contributed by atoms with van der Waals surface area (Å²) < 4.78 is 5.25. The predicted molar refractivity (Wildman–Crippen MR) is 48.5 cm³/mol. The third-order valence-corrected chi connectivity index (χ3v) is 2.44. The van der Waals surface area contributed by atoms with E-state index in [1.54, 1.807) is 4.90 Å². The zero-order valence-corrected chi connectivity index (χ0v) is 8.39. The molecule has 0 aromatic rings. The summed E-state index contributed by atoms with van der Waals surface area (Å²) >= 11 is 0. The molecular formula is C9H16N2O2. The molecule has 2 rings (SSSR count). The number of hydrogen-bond acceptors (Lipinski definition) is 3. The molecule has 0 aromatic carbocycles. The van der Waals surface area contributed by atoms with Crippen LogP contribution in [0.4, 0.5) is 4.79 Å². The third kappa shape index (κ3) is 1.50. The lowest BCUT2D eigenvalue weighted by Gasteiger charge is -2.28. The number of hydrogen-bond donors (Lipinski definition) is 1. The van der Waals surface area contributed by atoms with Gasteiger partial charge >= 0.3 is 6.09 Å². The fourth-order valence-electron chi connectivity index (χ4n) is 1.55. The molecule has 0 unspecified atom stereocenters. The van der Waals surface area contributed by atoms with Crippen molar-refractivity contribution in [2.45, 2.75) is 31.9 Å². The summed E-state index contributed by atoms with van der Waals surface area (Å²) in [6, 6.07) is 0. The molecule has 2 aliphatic heterocycles. The molecule has 1 spiro atoms. The highest BCUT2D eigenvalue weighted by atomic mass is 16.6. The first kappa shape index (κ1) is 8.81. The molecule has 0 aliphatic carbocycles. The molecule has 4 nitrogen and oxygen atoms in total. The van der Waals surface area contributed by atoms with Crippen LogP contribution in [0.3, 0.4) is 0 Å². The van der Waals surface area contributed by atoms with Crippen LogP contribution < -0.4 is 5.32 Å². The lowest BCUT2D eigenvalue weighted by Crippen LogP contribution is -2.54. The maximum absolute atomic E-state index is 11.5. The van der Waals surface area contributed by atoms with E-state index >= 15 is 0 Å². The standard InChI is InChI=1S/C9H16N2O2/c1-8(2,3)13-7(12)11-6-9(11)4-10-5-9/h10H,4-6H2,1-3H3. The third-order valence-electron chi connectivity index (χ3n) is 2.44. The summed E-state index contributed by atoms with van der Waals surface area (Å²) in [7, 11) is 0. The predicted octanol–water partition coefficient (Wildman–Crippen LogP) is 0.579. The molecule has 2 saturated heterocycles. The minimum Gasteiger partial charge on any atom is -0.444 e. The van der Waals surface area contributed by atoms with Gasteiger partial charge in [-0.25, -0.2) is 4.79 Å². The van der Waals surface area contributed by atoms with E-state index in [-0.39, 0.29) is 17.2 Å². The first-order valence-corrected chi connectivity index (χ1v) is 4.64. The van der Waals surface area contributed by atoms with Gasteiger partial charge in [-0.2, -0.15) is 0 Å². The molecule has 0 radical (unpaired) electrons. The summed E-state index contributed by atoms with van der Waals surface area (Å²) in [6.45, 7) is 8.37. The molecule has 13 heavy (non-hydrogen) atoms. The van der Waals surface area contributed by atoms with Crippen LogP contribution in [-0.2, 0) is 4.74 Å². The first-order valence-electron chi connectivity index (χ1n) is 4.64. The van der Waals surface area contributed by atoms with Crippen LogP contribution in [0.15, 0.2) is 0 Å². The van der Waals surface area contributed by atoms with E-state index in [9.17, 15) is 4.79 Å². The number of rotatable bonds is 0. The van der Waals surface area contributed by atoms with Crippen molar-refractivity contribution in [3.63, 3.8) is 0 Å². The van der Waals surface area contributed by atoms with Crippen LogP contribution in [0.2, 0.25) is 0 Å². The van der Waals surface area contributed by atoms with E-state index in [0.717, 1.165) is 19.6 Å². The van der Waals surface area contributed by atoms with Crippen molar-refractivity contribution in [3.8, 4) is 0 Å². The Morgan fingerprint density at radius 1 is 1.46 bits per heavy atom. The van der Waals surface area contributed by atoms with E-state index in [0.29, 0.717) is 0 Å². The molecule has 4 heteroatoms. The van der Waals surface area contributed by atoms with E-state index in [2.05, 4.69) is 5.32 Å². The molecule has 74 valence electrons. The van der Waals surface area contributed by atoms with Gasteiger partial charge in [-0.15, -0.1) is 0 Å². The number of amides is 1. The van der Waals surface area contributed by atoms with Crippen molar-refractivity contribution in [2.75, 3.05) is 19.6 Å². The van der Waals surface area contributed by atoms with Crippen molar-refractivity contribution < 1.29 is 9.53 Å². The topological polar surface area (TPSA) is 41.3 Å². The summed E-state index contributed by atoms with van der Waals surface area (Å²) in [6.07, 6.45) is -0.172. The molecule has 0 atom stereocenters. The Morgan fingerprint density at radius 3 is 2.38 bits per heavy atom. The molecular weight excluding hydrogens is 168 g/mol. The fraction of sp³-hybridized carbons (Fsp3) is 0.889. The Bertz CT molecular complexity index is 240. The number of carbonyl (C=O) groups excluding carboxylic acids is 1. The highest BCUT2D eigenvalue weighted by Crippen LogP contribution is 2.36. The smallest absolute Gasteiger partial charge is 0.410 e. The maximum Gasteiger partial charge on any atom is 0.410 e. The van der Waals surface area contributed by atoms with Gasteiger partial charge in [0.25, 0.3) is 0 Å². The fourth-order valence-corrected chi connectivity index (χ4v) is 1.55. The number of ether oxygens (including phenoxy) is 1. The first-order chi connectivity index (χ1) is 5.93. The normalized spacial score (nSPS) is 24.1. The van der Waals surface area contributed by atoms with Crippen molar-refractivity contribution in [1.82, 2.24) is 10.2 Å². The largest absolute Gasteiger partial charge is 0.444 e. The molecule has 2 fully saturated rings. The van der Waals surface area contributed by atoms with Crippen LogP contribution in [-0.4, -0.2) is 41.8 Å². The molecule has 0 aromatic heterocycles. The molecule has 1 amide bonds. The molecule has 0 bridgehead atoms. The van der Waals surface area contributed by atoms with Crippen LogP contribution in [0.5, 0.6) is 0 Å². The average molecular weight is 184 g/mol. The minimum absolute atomic E-state index is 0.127. The number of nitrogens with one attached hydrogen (secondary N) is 1. The monoisotopic (exact) mass is 184 g/mol. The number of carbonyl (C=O) groups is 1. The second-order valence-corrected chi connectivity index (χ2v) is 4.89. The van der Waals surface area contributed by atoms with Gasteiger partial charge in [0.1, 0.15) is 5.60 Å². The van der Waals surface area contributed by atoms with E-state index < -0.39 is 0 Å². The lowest BCUT2D eigenvalue weighted by atomic mass is 10.0. The van der Waals surface area contributed by atoms with Crippen LogP contribution in [0, 0.1) is 0 Å². The van der Waals surface area contributed by atoms with Gasteiger partial charge in [0.2, 0.25) is 0 Å². The van der Waals surface area contributed by atoms with Gasteiger partial charge in [0.15, 0.2) is 0 Å². The Balaban J connectivity index is 1.86. The van der Waals surface area contributed by atoms with Gasteiger partial charge in [-0.1, -0.05) is 0 Å². The second-order valence-electron chi connectivity index (χ2n) is 4.89.